The number of rotatable bonds is 8. The molecule has 3 heterocycles. The topological polar surface area (TPSA) is 123 Å². The highest BCUT2D eigenvalue weighted by molar-refractivity contribution is 7.14. The van der Waals surface area contributed by atoms with Crippen LogP contribution in [0.3, 0.4) is 0 Å². The third kappa shape index (κ3) is 5.84. The molecule has 3 fully saturated rings. The van der Waals surface area contributed by atoms with Crippen LogP contribution in [0.5, 0.6) is 5.75 Å². The number of carboxylic acid groups (broad SMARTS) is 1. The molecule has 2 aliphatic heterocycles. The van der Waals surface area contributed by atoms with Gasteiger partial charge in [-0.05, 0) is 55.4 Å². The van der Waals surface area contributed by atoms with Crippen LogP contribution in [0.1, 0.15) is 35.1 Å². The van der Waals surface area contributed by atoms with E-state index in [0.29, 0.717) is 31.0 Å². The number of nitrogens with zero attached hydrogens (tertiary/aromatic N) is 5. The van der Waals surface area contributed by atoms with E-state index in [1.165, 1.54) is 0 Å². The summed E-state index contributed by atoms with van der Waals surface area (Å²) in [6, 6.07) is 16.4. The molecule has 2 saturated heterocycles. The fraction of sp³-hybridized carbons (Fsp3) is 0.438. The van der Waals surface area contributed by atoms with Gasteiger partial charge in [-0.25, -0.2) is 4.98 Å². The number of benzene rings is 2. The second-order valence-electron chi connectivity index (χ2n) is 11.5. The molecule has 3 unspecified atom stereocenters. The standard InChI is InChI=1S/C32H33N5O4S/c1-20-2-7-29(41-18-24-4-3-21(11-25(24)12-33)14-36-8-9-40-26(13-34)17-36)27(10-20)28-19-42-32(35-28)37-15-22-5-6-23(16-37)30(22)31(38)39/h2-4,7,10-11,19,22-23,26,30H,5-6,8-9,14-18H2,1H3,(H,38,39). The van der Waals surface area contributed by atoms with Gasteiger partial charge in [-0.3, -0.25) is 9.69 Å². The Kier molecular flexibility index (Phi) is 8.12. The van der Waals surface area contributed by atoms with Crippen LogP contribution >= 0.6 is 11.3 Å². The van der Waals surface area contributed by atoms with Crippen LogP contribution in [0.15, 0.2) is 41.8 Å². The van der Waals surface area contributed by atoms with Gasteiger partial charge in [-0.2, -0.15) is 10.5 Å². The van der Waals surface area contributed by atoms with E-state index in [0.717, 1.165) is 65.6 Å². The summed E-state index contributed by atoms with van der Waals surface area (Å²) in [5.74, 6) is 0.153. The van der Waals surface area contributed by atoms with Crippen molar-refractivity contribution in [3.63, 3.8) is 0 Å². The van der Waals surface area contributed by atoms with E-state index in [9.17, 15) is 20.4 Å². The molecule has 6 rings (SSSR count). The lowest BCUT2D eigenvalue weighted by Gasteiger charge is -2.35. The second-order valence-corrected chi connectivity index (χ2v) is 12.3. The maximum absolute atomic E-state index is 11.8. The van der Waals surface area contributed by atoms with E-state index in [4.69, 9.17) is 14.5 Å². The van der Waals surface area contributed by atoms with E-state index in [2.05, 4.69) is 28.0 Å². The van der Waals surface area contributed by atoms with Crippen molar-refractivity contribution in [3.8, 4) is 29.1 Å². The largest absolute Gasteiger partial charge is 0.488 e. The Hall–Kier alpha value is -3.96. The smallest absolute Gasteiger partial charge is 0.307 e. The van der Waals surface area contributed by atoms with Gasteiger partial charge in [-0.15, -0.1) is 11.3 Å². The van der Waals surface area contributed by atoms with Gasteiger partial charge in [0.05, 0.1) is 35.9 Å². The molecule has 1 saturated carbocycles. The van der Waals surface area contributed by atoms with Gasteiger partial charge in [0.25, 0.3) is 0 Å². The highest BCUT2D eigenvalue weighted by Gasteiger charge is 2.46. The van der Waals surface area contributed by atoms with Gasteiger partial charge in [-0.1, -0.05) is 23.8 Å². The van der Waals surface area contributed by atoms with Crippen LogP contribution < -0.4 is 9.64 Å². The van der Waals surface area contributed by atoms with Crippen LogP contribution in [-0.2, 0) is 22.7 Å². The van der Waals surface area contributed by atoms with Gasteiger partial charge in [0.1, 0.15) is 12.4 Å². The van der Waals surface area contributed by atoms with Crippen LogP contribution in [0.25, 0.3) is 11.3 Å². The summed E-state index contributed by atoms with van der Waals surface area (Å²) in [7, 11) is 0. The zero-order chi connectivity index (χ0) is 29.2. The third-order valence-corrected chi connectivity index (χ3v) is 9.57. The minimum Gasteiger partial charge on any atom is -0.488 e. The van der Waals surface area contributed by atoms with Gasteiger partial charge in [0.15, 0.2) is 11.2 Å². The number of carboxylic acids is 1. The quantitative estimate of drug-likeness (QED) is 0.397. The summed E-state index contributed by atoms with van der Waals surface area (Å²) >= 11 is 1.58. The number of hydrogen-bond donors (Lipinski definition) is 1. The molecule has 216 valence electrons. The normalized spacial score (nSPS) is 23.7. The number of thiazole rings is 1. The van der Waals surface area contributed by atoms with E-state index >= 15 is 0 Å². The second kappa shape index (κ2) is 12.1. The maximum atomic E-state index is 11.8. The van der Waals surface area contributed by atoms with Crippen LogP contribution in [0.2, 0.25) is 0 Å². The number of aliphatic carboxylic acids is 1. The van der Waals surface area contributed by atoms with Crippen molar-refractivity contribution in [2.24, 2.45) is 17.8 Å². The lowest BCUT2D eigenvalue weighted by atomic mass is 9.85. The van der Waals surface area contributed by atoms with Gasteiger partial charge < -0.3 is 19.5 Å². The molecule has 42 heavy (non-hydrogen) atoms. The fourth-order valence-corrected chi connectivity index (χ4v) is 7.42. The number of morpholine rings is 1. The Morgan fingerprint density at radius 3 is 2.71 bits per heavy atom. The molecule has 1 aliphatic carbocycles. The van der Waals surface area contributed by atoms with Crippen molar-refractivity contribution >= 4 is 22.4 Å². The summed E-state index contributed by atoms with van der Waals surface area (Å²) in [4.78, 5) is 21.2. The predicted octanol–water partition coefficient (Wildman–Crippen LogP) is 4.84. The zero-order valence-electron chi connectivity index (χ0n) is 23.5. The van der Waals surface area contributed by atoms with Crippen molar-refractivity contribution in [2.45, 2.75) is 39.0 Å². The Balaban J connectivity index is 1.15. The maximum Gasteiger partial charge on any atom is 0.307 e. The average Bonchev–Trinajstić information content (AvgIpc) is 3.59. The monoisotopic (exact) mass is 583 g/mol. The third-order valence-electron chi connectivity index (χ3n) is 8.67. The molecule has 3 atom stereocenters. The highest BCUT2D eigenvalue weighted by atomic mass is 32.1. The number of aromatic nitrogens is 1. The number of hydrogen-bond acceptors (Lipinski definition) is 9. The summed E-state index contributed by atoms with van der Waals surface area (Å²) < 4.78 is 11.7. The molecule has 2 bridgehead atoms. The van der Waals surface area contributed by atoms with Crippen molar-refractivity contribution in [3.05, 3.63) is 64.0 Å². The van der Waals surface area contributed by atoms with Gasteiger partial charge in [0, 0.05) is 49.2 Å². The lowest BCUT2D eigenvalue weighted by molar-refractivity contribution is -0.144. The SMILES string of the molecule is Cc1ccc(OCc2ccc(CN3CCOC(C#N)C3)cc2C#N)c(-c2csc(N3CC4CCC(C3)C4C(=O)O)n2)c1. The molecule has 9 nitrogen and oxygen atoms in total. The van der Waals surface area contributed by atoms with Crippen molar-refractivity contribution in [1.82, 2.24) is 9.88 Å². The van der Waals surface area contributed by atoms with Crippen molar-refractivity contribution in [2.75, 3.05) is 37.7 Å². The number of nitriles is 2. The van der Waals surface area contributed by atoms with Crippen LogP contribution in [0.4, 0.5) is 5.13 Å². The zero-order valence-corrected chi connectivity index (χ0v) is 24.3. The van der Waals surface area contributed by atoms with Crippen LogP contribution in [-0.4, -0.2) is 59.8 Å². The number of ether oxygens (including phenoxy) is 2. The lowest BCUT2D eigenvalue weighted by Crippen LogP contribution is -2.44. The first kappa shape index (κ1) is 28.2. The Labute approximate surface area is 249 Å². The Morgan fingerprint density at radius 1 is 1.17 bits per heavy atom. The number of piperidine rings is 1. The first-order valence-electron chi connectivity index (χ1n) is 14.3. The fourth-order valence-electron chi connectivity index (χ4n) is 6.57. The van der Waals surface area contributed by atoms with E-state index < -0.39 is 12.1 Å². The minimum atomic E-state index is -0.663. The highest BCUT2D eigenvalue weighted by Crippen LogP contribution is 2.44. The molecule has 0 amide bonds. The molecule has 0 spiro atoms. The average molecular weight is 584 g/mol. The summed E-state index contributed by atoms with van der Waals surface area (Å²) in [5.41, 5.74) is 5.22. The van der Waals surface area contributed by atoms with Crippen molar-refractivity contribution < 1.29 is 19.4 Å². The minimum absolute atomic E-state index is 0.176. The molecular formula is C32H33N5O4S. The molecule has 0 radical (unpaired) electrons. The molecular weight excluding hydrogens is 550 g/mol. The van der Waals surface area contributed by atoms with Crippen molar-refractivity contribution in [1.29, 1.82) is 10.5 Å². The predicted molar refractivity (Wildman–Crippen MR) is 158 cm³/mol. The number of carbonyl (C=O) groups is 1. The number of aryl methyl sites for hydroxylation is 1. The molecule has 1 aromatic heterocycles. The Morgan fingerprint density at radius 2 is 1.98 bits per heavy atom. The molecule has 3 aromatic rings. The summed E-state index contributed by atoms with van der Waals surface area (Å²) in [6.07, 6.45) is 1.51. The molecule has 10 heteroatoms. The number of fused-ring (bicyclic) bond motifs is 2. The first-order valence-corrected chi connectivity index (χ1v) is 15.2. The van der Waals surface area contributed by atoms with E-state index in [1.807, 2.05) is 42.6 Å². The van der Waals surface area contributed by atoms with E-state index in [1.54, 1.807) is 11.3 Å². The van der Waals surface area contributed by atoms with E-state index in [-0.39, 0.29) is 24.4 Å². The summed E-state index contributed by atoms with van der Waals surface area (Å²) in [6.45, 7) is 6.23. The molecule has 1 N–H and O–H groups in total. The number of anilines is 1. The first-order chi connectivity index (χ1) is 20.4. The molecule has 3 aliphatic rings. The summed E-state index contributed by atoms with van der Waals surface area (Å²) in [5, 5.41) is 31.7. The van der Waals surface area contributed by atoms with Gasteiger partial charge >= 0.3 is 5.97 Å². The van der Waals surface area contributed by atoms with Gasteiger partial charge in [0.2, 0.25) is 0 Å². The Bertz CT molecular complexity index is 1540. The molecule has 2 aromatic carbocycles. The van der Waals surface area contributed by atoms with Crippen LogP contribution in [0, 0.1) is 47.3 Å².